The lowest BCUT2D eigenvalue weighted by atomic mass is 10.2. The van der Waals surface area contributed by atoms with Crippen molar-refractivity contribution in [2.75, 3.05) is 11.9 Å². The quantitative estimate of drug-likeness (QED) is 0.697. The average molecular weight is 382 g/mol. The molecule has 0 heterocycles. The molecule has 0 saturated carbocycles. The van der Waals surface area contributed by atoms with Gasteiger partial charge in [0.25, 0.3) is 0 Å². The fraction of sp³-hybridized carbons (Fsp3) is 0.333. The van der Waals surface area contributed by atoms with E-state index in [9.17, 15) is 4.39 Å². The summed E-state index contributed by atoms with van der Waals surface area (Å²) >= 11 is 3.55. The zero-order valence-electron chi connectivity index (χ0n) is 13.5. The second-order valence-corrected chi connectivity index (χ2v) is 6.22. The molecule has 0 aliphatic rings. The molecule has 0 aliphatic heterocycles. The van der Waals surface area contributed by atoms with Gasteiger partial charge in [0.1, 0.15) is 5.82 Å². The predicted molar refractivity (Wildman–Crippen MR) is 94.8 cm³/mol. The van der Waals surface area contributed by atoms with E-state index < -0.39 is 0 Å². The molecule has 2 aromatic rings. The molecule has 0 saturated heterocycles. The molecule has 23 heavy (non-hydrogen) atoms. The van der Waals surface area contributed by atoms with E-state index >= 15 is 0 Å². The van der Waals surface area contributed by atoms with Crippen LogP contribution < -0.4 is 14.8 Å². The number of rotatable bonds is 7. The van der Waals surface area contributed by atoms with Gasteiger partial charge in [0, 0.05) is 12.2 Å². The number of nitrogens with one attached hydrogen (secondary N) is 1. The molecule has 124 valence electrons. The third-order valence-corrected chi connectivity index (χ3v) is 3.65. The molecule has 0 unspecified atom stereocenters. The van der Waals surface area contributed by atoms with Crippen molar-refractivity contribution in [2.24, 2.45) is 0 Å². The van der Waals surface area contributed by atoms with E-state index in [4.69, 9.17) is 9.47 Å². The number of halogens is 2. The predicted octanol–water partition coefficient (Wildman–Crippen LogP) is 5.39. The Labute approximate surface area is 144 Å². The van der Waals surface area contributed by atoms with Crippen LogP contribution in [0, 0.1) is 5.82 Å². The summed E-state index contributed by atoms with van der Waals surface area (Å²) < 4.78 is 25.3. The normalized spacial score (nSPS) is 10.7. The summed E-state index contributed by atoms with van der Waals surface area (Å²) in [7, 11) is 0. The largest absolute Gasteiger partial charge is 0.490 e. The van der Waals surface area contributed by atoms with Crippen molar-refractivity contribution in [3.63, 3.8) is 0 Å². The van der Waals surface area contributed by atoms with Crippen LogP contribution in [0.15, 0.2) is 40.9 Å². The third kappa shape index (κ3) is 5.13. The van der Waals surface area contributed by atoms with Gasteiger partial charge in [0.2, 0.25) is 0 Å². The van der Waals surface area contributed by atoms with Gasteiger partial charge in [0.05, 0.1) is 17.2 Å². The van der Waals surface area contributed by atoms with Crippen LogP contribution in [0.2, 0.25) is 0 Å². The maximum absolute atomic E-state index is 12.9. The molecular formula is C18H21BrFNO2. The van der Waals surface area contributed by atoms with E-state index in [0.29, 0.717) is 24.7 Å². The second kappa shape index (κ2) is 8.20. The standard InChI is InChI=1S/C18H21BrFNO2/c1-4-22-17-10-13(9-16(19)18(17)23-12(2)3)11-21-15-7-5-14(20)6-8-15/h5-10,12,21H,4,11H2,1-3H3. The van der Waals surface area contributed by atoms with E-state index in [1.807, 2.05) is 32.9 Å². The first-order chi connectivity index (χ1) is 11.0. The van der Waals surface area contributed by atoms with Crippen molar-refractivity contribution in [3.05, 3.63) is 52.3 Å². The lowest BCUT2D eigenvalue weighted by Gasteiger charge is -2.18. The van der Waals surface area contributed by atoms with Crippen LogP contribution in [0.3, 0.4) is 0 Å². The highest BCUT2D eigenvalue weighted by atomic mass is 79.9. The van der Waals surface area contributed by atoms with Crippen LogP contribution in [-0.4, -0.2) is 12.7 Å². The van der Waals surface area contributed by atoms with E-state index in [0.717, 1.165) is 15.7 Å². The number of ether oxygens (including phenoxy) is 2. The molecule has 0 fully saturated rings. The third-order valence-electron chi connectivity index (χ3n) is 3.06. The van der Waals surface area contributed by atoms with Gasteiger partial charge in [-0.25, -0.2) is 4.39 Å². The van der Waals surface area contributed by atoms with Crippen molar-refractivity contribution in [3.8, 4) is 11.5 Å². The molecule has 0 atom stereocenters. The lowest BCUT2D eigenvalue weighted by molar-refractivity contribution is 0.222. The van der Waals surface area contributed by atoms with Crippen molar-refractivity contribution in [2.45, 2.75) is 33.4 Å². The van der Waals surface area contributed by atoms with Gasteiger partial charge < -0.3 is 14.8 Å². The fourth-order valence-corrected chi connectivity index (χ4v) is 2.69. The smallest absolute Gasteiger partial charge is 0.175 e. The summed E-state index contributed by atoms with van der Waals surface area (Å²) in [5.41, 5.74) is 1.91. The van der Waals surface area contributed by atoms with Crippen LogP contribution in [-0.2, 0) is 6.54 Å². The first-order valence-corrected chi connectivity index (χ1v) is 8.40. The first-order valence-electron chi connectivity index (χ1n) is 7.61. The average Bonchev–Trinajstić information content (AvgIpc) is 2.50. The summed E-state index contributed by atoms with van der Waals surface area (Å²) in [5, 5.41) is 3.26. The second-order valence-electron chi connectivity index (χ2n) is 5.36. The van der Waals surface area contributed by atoms with Crippen molar-refractivity contribution in [1.29, 1.82) is 0 Å². The molecule has 3 nitrogen and oxygen atoms in total. The topological polar surface area (TPSA) is 30.5 Å². The molecule has 0 bridgehead atoms. The van der Waals surface area contributed by atoms with Crippen molar-refractivity contribution >= 4 is 21.6 Å². The van der Waals surface area contributed by atoms with Crippen LogP contribution in [0.25, 0.3) is 0 Å². The van der Waals surface area contributed by atoms with E-state index in [2.05, 4.69) is 21.2 Å². The molecule has 0 spiro atoms. The van der Waals surface area contributed by atoms with E-state index in [1.165, 1.54) is 12.1 Å². The Morgan fingerprint density at radius 2 is 1.87 bits per heavy atom. The van der Waals surface area contributed by atoms with Crippen LogP contribution in [0.5, 0.6) is 11.5 Å². The SMILES string of the molecule is CCOc1cc(CNc2ccc(F)cc2)cc(Br)c1OC(C)C. The van der Waals surface area contributed by atoms with Crippen LogP contribution in [0.1, 0.15) is 26.3 Å². The minimum absolute atomic E-state index is 0.0636. The Balaban J connectivity index is 2.17. The van der Waals surface area contributed by atoms with Crippen LogP contribution in [0.4, 0.5) is 10.1 Å². The Morgan fingerprint density at radius 1 is 1.17 bits per heavy atom. The molecular weight excluding hydrogens is 361 g/mol. The molecule has 0 aromatic heterocycles. The highest BCUT2D eigenvalue weighted by Crippen LogP contribution is 2.37. The van der Waals surface area contributed by atoms with Crippen molar-refractivity contribution < 1.29 is 13.9 Å². The molecule has 0 amide bonds. The summed E-state index contributed by atoms with van der Waals surface area (Å²) in [6, 6.07) is 10.3. The molecule has 2 rings (SSSR count). The number of hydrogen-bond donors (Lipinski definition) is 1. The number of hydrogen-bond acceptors (Lipinski definition) is 3. The van der Waals surface area contributed by atoms with Gasteiger partial charge in [-0.15, -0.1) is 0 Å². The monoisotopic (exact) mass is 381 g/mol. The van der Waals surface area contributed by atoms with Gasteiger partial charge in [0.15, 0.2) is 11.5 Å². The maximum atomic E-state index is 12.9. The zero-order valence-corrected chi connectivity index (χ0v) is 15.1. The molecule has 1 N–H and O–H groups in total. The van der Waals surface area contributed by atoms with E-state index in [-0.39, 0.29) is 11.9 Å². The van der Waals surface area contributed by atoms with Gasteiger partial charge in [-0.05, 0) is 78.7 Å². The minimum Gasteiger partial charge on any atom is -0.490 e. The first kappa shape index (κ1) is 17.6. The highest BCUT2D eigenvalue weighted by Gasteiger charge is 2.13. The summed E-state index contributed by atoms with van der Waals surface area (Å²) in [6.07, 6.45) is 0.0636. The molecule has 0 aliphatic carbocycles. The Bertz CT molecular complexity index is 644. The Hall–Kier alpha value is -1.75. The van der Waals surface area contributed by atoms with Crippen molar-refractivity contribution in [1.82, 2.24) is 0 Å². The van der Waals surface area contributed by atoms with Gasteiger partial charge in [-0.3, -0.25) is 0 Å². The van der Waals surface area contributed by atoms with Gasteiger partial charge in [-0.1, -0.05) is 0 Å². The minimum atomic E-state index is -0.243. The Morgan fingerprint density at radius 3 is 2.48 bits per heavy atom. The zero-order chi connectivity index (χ0) is 16.8. The summed E-state index contributed by atoms with van der Waals surface area (Å²) in [5.74, 6) is 1.19. The molecule has 2 aromatic carbocycles. The summed E-state index contributed by atoms with van der Waals surface area (Å²) in [4.78, 5) is 0. The Kier molecular flexibility index (Phi) is 6.28. The fourth-order valence-electron chi connectivity index (χ4n) is 2.11. The number of benzene rings is 2. The van der Waals surface area contributed by atoms with Crippen LogP contribution >= 0.6 is 15.9 Å². The highest BCUT2D eigenvalue weighted by molar-refractivity contribution is 9.10. The lowest BCUT2D eigenvalue weighted by Crippen LogP contribution is -2.09. The maximum Gasteiger partial charge on any atom is 0.175 e. The van der Waals surface area contributed by atoms with Gasteiger partial charge in [-0.2, -0.15) is 0 Å². The summed E-state index contributed by atoms with van der Waals surface area (Å²) in [6.45, 7) is 7.07. The van der Waals surface area contributed by atoms with Gasteiger partial charge >= 0.3 is 0 Å². The van der Waals surface area contributed by atoms with E-state index in [1.54, 1.807) is 12.1 Å². The molecule has 5 heteroatoms. The number of anilines is 1. The molecule has 0 radical (unpaired) electrons.